The van der Waals surface area contributed by atoms with Crippen LogP contribution in [0.4, 0.5) is 14.9 Å². The van der Waals surface area contributed by atoms with Crippen LogP contribution in [0.3, 0.4) is 0 Å². The van der Waals surface area contributed by atoms with Crippen LogP contribution in [-0.2, 0) is 20.9 Å². The van der Waals surface area contributed by atoms with E-state index in [0.717, 1.165) is 5.56 Å². The Balaban J connectivity index is 1.67. The second-order valence-corrected chi connectivity index (χ2v) is 6.98. The third-order valence-corrected chi connectivity index (χ3v) is 4.61. The zero-order valence-corrected chi connectivity index (χ0v) is 16.5. The van der Waals surface area contributed by atoms with Crippen molar-refractivity contribution in [2.24, 2.45) is 5.73 Å². The fraction of sp³-hybridized carbons (Fsp3) is 0.286. The Bertz CT molecular complexity index is 949. The smallest absolute Gasteiger partial charge is 0.414 e. The number of anilines is 1. The lowest BCUT2D eigenvalue weighted by molar-refractivity contribution is -0.119. The second-order valence-electron chi connectivity index (χ2n) is 6.98. The number of carbonyl (C=O) groups excluding carboxylic acids is 3. The largest absolute Gasteiger partial charge is 0.442 e. The van der Waals surface area contributed by atoms with Crippen molar-refractivity contribution in [3.05, 3.63) is 53.8 Å². The second kappa shape index (κ2) is 9.36. The summed E-state index contributed by atoms with van der Waals surface area (Å²) in [5.41, 5.74) is 7.49. The van der Waals surface area contributed by atoms with E-state index in [-0.39, 0.29) is 25.5 Å². The summed E-state index contributed by atoms with van der Waals surface area (Å²) in [5.74, 6) is -1.11. The summed E-state index contributed by atoms with van der Waals surface area (Å²) >= 11 is 0. The molecule has 2 aromatic carbocycles. The molecule has 0 bridgehead atoms. The summed E-state index contributed by atoms with van der Waals surface area (Å²) in [7, 11) is 0. The van der Waals surface area contributed by atoms with Gasteiger partial charge in [-0.1, -0.05) is 24.3 Å². The molecule has 0 aliphatic carbocycles. The highest BCUT2D eigenvalue weighted by molar-refractivity contribution is 5.90. The molecular weight excluding hydrogens is 391 g/mol. The minimum atomic E-state index is -0.578. The maximum atomic E-state index is 14.8. The molecule has 9 heteroatoms. The van der Waals surface area contributed by atoms with Crippen molar-refractivity contribution in [1.29, 1.82) is 0 Å². The van der Waals surface area contributed by atoms with Gasteiger partial charge in [0, 0.05) is 19.0 Å². The van der Waals surface area contributed by atoms with Gasteiger partial charge >= 0.3 is 6.09 Å². The van der Waals surface area contributed by atoms with Gasteiger partial charge in [0.05, 0.1) is 25.3 Å². The third kappa shape index (κ3) is 5.32. The average molecular weight is 414 g/mol. The topological polar surface area (TPSA) is 114 Å². The zero-order chi connectivity index (χ0) is 21.7. The van der Waals surface area contributed by atoms with Gasteiger partial charge in [0.1, 0.15) is 11.9 Å². The number of hydrogen-bond acceptors (Lipinski definition) is 5. The number of nitrogens with two attached hydrogens (primary N) is 1. The van der Waals surface area contributed by atoms with E-state index in [1.165, 1.54) is 17.9 Å². The van der Waals surface area contributed by atoms with Crippen LogP contribution in [0, 0.1) is 5.82 Å². The van der Waals surface area contributed by atoms with E-state index < -0.39 is 23.9 Å². The Labute approximate surface area is 173 Å². The average Bonchev–Trinajstić information content (AvgIpc) is 3.07. The Morgan fingerprint density at radius 1 is 1.23 bits per heavy atom. The number of amides is 3. The highest BCUT2D eigenvalue weighted by Crippen LogP contribution is 2.29. The number of carbonyl (C=O) groups is 3. The Morgan fingerprint density at radius 2 is 1.97 bits per heavy atom. The fourth-order valence-corrected chi connectivity index (χ4v) is 3.13. The molecule has 1 fully saturated rings. The minimum absolute atomic E-state index is 0.0858. The Hall–Kier alpha value is -3.46. The van der Waals surface area contributed by atoms with E-state index in [2.05, 4.69) is 10.6 Å². The van der Waals surface area contributed by atoms with Crippen LogP contribution in [0.2, 0.25) is 0 Å². The van der Waals surface area contributed by atoms with Gasteiger partial charge in [-0.25, -0.2) is 9.18 Å². The molecule has 1 aliphatic heterocycles. The first kappa shape index (κ1) is 21.3. The molecule has 3 rings (SSSR count). The van der Waals surface area contributed by atoms with Crippen molar-refractivity contribution in [2.45, 2.75) is 19.6 Å². The van der Waals surface area contributed by atoms with E-state index >= 15 is 0 Å². The fourth-order valence-electron chi connectivity index (χ4n) is 3.13. The number of nitrogens with one attached hydrogen (secondary N) is 2. The molecule has 0 spiro atoms. The molecule has 0 aromatic heterocycles. The molecule has 3 amide bonds. The van der Waals surface area contributed by atoms with Gasteiger partial charge in [0.25, 0.3) is 0 Å². The van der Waals surface area contributed by atoms with Crippen molar-refractivity contribution in [3.8, 4) is 11.1 Å². The number of hydrogen-bond donors (Lipinski definition) is 3. The summed E-state index contributed by atoms with van der Waals surface area (Å²) in [6.45, 7) is 2.38. The lowest BCUT2D eigenvalue weighted by atomic mass is 10.0. The van der Waals surface area contributed by atoms with Crippen molar-refractivity contribution in [3.63, 3.8) is 0 Å². The van der Waals surface area contributed by atoms with E-state index in [1.54, 1.807) is 24.3 Å². The van der Waals surface area contributed by atoms with Gasteiger partial charge in [-0.05, 0) is 29.3 Å². The maximum Gasteiger partial charge on any atom is 0.414 e. The molecule has 8 nitrogen and oxygen atoms in total. The molecule has 4 N–H and O–H groups in total. The minimum Gasteiger partial charge on any atom is -0.442 e. The van der Waals surface area contributed by atoms with Gasteiger partial charge < -0.3 is 21.1 Å². The van der Waals surface area contributed by atoms with Crippen molar-refractivity contribution in [1.82, 2.24) is 10.6 Å². The quantitative estimate of drug-likeness (QED) is 0.606. The third-order valence-electron chi connectivity index (χ3n) is 4.61. The van der Waals surface area contributed by atoms with E-state index in [9.17, 15) is 18.8 Å². The number of benzene rings is 2. The lowest BCUT2D eigenvalue weighted by Gasteiger charge is -2.15. The first-order chi connectivity index (χ1) is 14.3. The number of ether oxygens (including phenoxy) is 1. The predicted octanol–water partition coefficient (Wildman–Crippen LogP) is 1.53. The Kier molecular flexibility index (Phi) is 6.63. The van der Waals surface area contributed by atoms with E-state index in [4.69, 9.17) is 10.5 Å². The van der Waals surface area contributed by atoms with Crippen LogP contribution in [0.15, 0.2) is 42.5 Å². The van der Waals surface area contributed by atoms with Crippen molar-refractivity contribution >= 4 is 23.6 Å². The summed E-state index contributed by atoms with van der Waals surface area (Å²) < 4.78 is 20.0. The number of nitrogens with zero attached hydrogens (tertiary/aromatic N) is 1. The van der Waals surface area contributed by atoms with E-state index in [1.807, 2.05) is 12.1 Å². The normalized spacial score (nSPS) is 15.7. The van der Waals surface area contributed by atoms with Crippen LogP contribution < -0.4 is 21.3 Å². The molecule has 1 aliphatic rings. The molecule has 0 saturated carbocycles. The summed E-state index contributed by atoms with van der Waals surface area (Å²) in [6, 6.07) is 11.8. The molecule has 2 aromatic rings. The molecule has 1 saturated heterocycles. The van der Waals surface area contributed by atoms with Crippen molar-refractivity contribution < 1.29 is 23.5 Å². The number of cyclic esters (lactones) is 1. The highest BCUT2D eigenvalue weighted by Gasteiger charge is 2.32. The number of rotatable bonds is 8. The van der Waals surface area contributed by atoms with Gasteiger partial charge in [-0.15, -0.1) is 0 Å². The zero-order valence-electron chi connectivity index (χ0n) is 16.5. The Morgan fingerprint density at radius 3 is 2.60 bits per heavy atom. The van der Waals surface area contributed by atoms with Gasteiger partial charge in [0.2, 0.25) is 11.8 Å². The predicted molar refractivity (Wildman–Crippen MR) is 109 cm³/mol. The molecule has 0 radical (unpaired) electrons. The molecule has 1 atom stereocenters. The van der Waals surface area contributed by atoms with Crippen LogP contribution in [0.1, 0.15) is 12.5 Å². The summed E-state index contributed by atoms with van der Waals surface area (Å²) in [6.07, 6.45) is -1.06. The first-order valence-electron chi connectivity index (χ1n) is 9.44. The standard InChI is InChI=1S/C21H23FN4O4/c1-13(27)25-10-17-12-26(21(29)30-17)16-6-7-18(19(22)8-16)15-4-2-14(3-5-15)9-24-11-20(23)28/h2-8,17,24H,9-12H2,1H3,(H2,23,28)(H,25,27)/t17-/m0/s1. The van der Waals surface area contributed by atoms with Crippen LogP contribution in [0.5, 0.6) is 0 Å². The van der Waals surface area contributed by atoms with Crippen molar-refractivity contribution in [2.75, 3.05) is 24.5 Å². The first-order valence-corrected chi connectivity index (χ1v) is 9.44. The lowest BCUT2D eigenvalue weighted by Crippen LogP contribution is -2.33. The van der Waals surface area contributed by atoms with E-state index in [0.29, 0.717) is 23.4 Å². The summed E-state index contributed by atoms with van der Waals surface area (Å²) in [5, 5.41) is 5.51. The molecular formula is C21H23FN4O4. The highest BCUT2D eigenvalue weighted by atomic mass is 19.1. The maximum absolute atomic E-state index is 14.8. The van der Waals surface area contributed by atoms with Crippen LogP contribution in [0.25, 0.3) is 11.1 Å². The van der Waals surface area contributed by atoms with Gasteiger partial charge in [-0.2, -0.15) is 0 Å². The number of halogens is 1. The molecule has 158 valence electrons. The van der Waals surface area contributed by atoms with Gasteiger partial charge in [0.15, 0.2) is 0 Å². The summed E-state index contributed by atoms with van der Waals surface area (Å²) in [4.78, 5) is 35.2. The van der Waals surface area contributed by atoms with Crippen LogP contribution in [-0.4, -0.2) is 43.6 Å². The van der Waals surface area contributed by atoms with Crippen LogP contribution >= 0.6 is 0 Å². The number of primary amides is 1. The molecule has 0 unspecified atom stereocenters. The SMILES string of the molecule is CC(=O)NC[C@H]1CN(c2ccc(-c3ccc(CNCC(N)=O)cc3)c(F)c2)C(=O)O1. The molecule has 1 heterocycles. The molecule has 30 heavy (non-hydrogen) atoms. The van der Waals surface area contributed by atoms with Gasteiger partial charge in [-0.3, -0.25) is 14.5 Å². The monoisotopic (exact) mass is 414 g/mol.